The Bertz CT molecular complexity index is 810. The van der Waals surface area contributed by atoms with Crippen LogP contribution in [-0.4, -0.2) is 19.6 Å². The lowest BCUT2D eigenvalue weighted by Crippen LogP contribution is -2.07. The number of ether oxygens (including phenoxy) is 1. The summed E-state index contributed by atoms with van der Waals surface area (Å²) in [6.07, 6.45) is -0.175. The lowest BCUT2D eigenvalue weighted by Gasteiger charge is -2.20. The van der Waals surface area contributed by atoms with Gasteiger partial charge in [0, 0.05) is 5.56 Å². The second-order valence-corrected chi connectivity index (χ2v) is 8.14. The average molecular weight is 380 g/mol. The fourth-order valence-electron chi connectivity index (χ4n) is 2.82. The second kappa shape index (κ2) is 8.81. The minimum absolute atomic E-state index is 0.175. The summed E-state index contributed by atoms with van der Waals surface area (Å²) in [5, 5.41) is 0. The Kier molecular flexibility index (Phi) is 6.99. The summed E-state index contributed by atoms with van der Waals surface area (Å²) >= 11 is 0. The van der Waals surface area contributed by atoms with Crippen molar-refractivity contribution < 1.29 is 22.7 Å². The van der Waals surface area contributed by atoms with E-state index >= 15 is 0 Å². The first kappa shape index (κ1) is 20.6. The first-order valence-electron chi connectivity index (χ1n) is 8.68. The molecule has 0 saturated heterocycles. The predicted octanol–water partition coefficient (Wildman–Crippen LogP) is 6.02. The molecule has 0 unspecified atom stereocenters. The third-order valence-electron chi connectivity index (χ3n) is 3.91. The summed E-state index contributed by atoms with van der Waals surface area (Å²) in [7, 11) is -3.33. The van der Waals surface area contributed by atoms with E-state index in [-0.39, 0.29) is 25.4 Å². The molecular weight excluding hydrogens is 354 g/mol. The molecule has 6 heteroatoms. The highest BCUT2D eigenvalue weighted by molar-refractivity contribution is 7.53. The van der Waals surface area contributed by atoms with Gasteiger partial charge in [0.05, 0.1) is 13.2 Å². The first-order chi connectivity index (χ1) is 12.3. The molecule has 0 amide bonds. The zero-order valence-electron chi connectivity index (χ0n) is 16.0. The minimum Gasteiger partial charge on any atom is -0.480 e. The van der Waals surface area contributed by atoms with E-state index in [0.29, 0.717) is 11.3 Å². The highest BCUT2D eigenvalue weighted by atomic mass is 31.2. The molecule has 2 aromatic rings. The van der Waals surface area contributed by atoms with Crippen LogP contribution in [0.25, 0.3) is 11.1 Å². The molecule has 0 aliphatic rings. The summed E-state index contributed by atoms with van der Waals surface area (Å²) < 4.78 is 42.8. The van der Waals surface area contributed by atoms with Crippen LogP contribution in [0, 0.1) is 26.6 Å². The number of halogens is 1. The average Bonchev–Trinajstić information content (AvgIpc) is 2.56. The molecule has 0 spiro atoms. The minimum atomic E-state index is -3.33. The van der Waals surface area contributed by atoms with E-state index in [2.05, 4.69) is 0 Å². The summed E-state index contributed by atoms with van der Waals surface area (Å²) in [6, 6.07) is 8.90. The lowest BCUT2D eigenvalue weighted by molar-refractivity contribution is 0.197. The van der Waals surface area contributed by atoms with Gasteiger partial charge in [-0.25, -0.2) is 4.39 Å². The van der Waals surface area contributed by atoms with Gasteiger partial charge in [0.2, 0.25) is 0 Å². The van der Waals surface area contributed by atoms with Crippen LogP contribution in [0.5, 0.6) is 5.75 Å². The van der Waals surface area contributed by atoms with Crippen molar-refractivity contribution in [3.63, 3.8) is 0 Å². The van der Waals surface area contributed by atoms with E-state index in [9.17, 15) is 8.96 Å². The summed E-state index contributed by atoms with van der Waals surface area (Å²) in [4.78, 5) is 0. The van der Waals surface area contributed by atoms with Gasteiger partial charge >= 0.3 is 7.60 Å². The van der Waals surface area contributed by atoms with Crippen molar-refractivity contribution in [1.82, 2.24) is 0 Å². The van der Waals surface area contributed by atoms with Gasteiger partial charge < -0.3 is 13.8 Å². The van der Waals surface area contributed by atoms with Gasteiger partial charge in [-0.1, -0.05) is 12.1 Å². The SMILES string of the molecule is CCOP(=O)(COc1c(C)cc(C)cc1-c1ccc(F)c(C)c1)OCC. The molecule has 0 bridgehead atoms. The second-order valence-electron chi connectivity index (χ2n) is 6.14. The normalized spacial score (nSPS) is 11.6. The van der Waals surface area contributed by atoms with Crippen LogP contribution < -0.4 is 4.74 Å². The van der Waals surface area contributed by atoms with Gasteiger partial charge in [0.1, 0.15) is 11.6 Å². The molecule has 0 aromatic heterocycles. The van der Waals surface area contributed by atoms with Crippen LogP contribution in [0.4, 0.5) is 4.39 Å². The quantitative estimate of drug-likeness (QED) is 0.525. The van der Waals surface area contributed by atoms with Crippen LogP contribution in [0.2, 0.25) is 0 Å². The number of benzene rings is 2. The fourth-order valence-corrected chi connectivity index (χ4v) is 4.12. The molecule has 0 N–H and O–H groups in total. The van der Waals surface area contributed by atoms with E-state index in [0.717, 1.165) is 22.3 Å². The molecule has 0 heterocycles. The van der Waals surface area contributed by atoms with Crippen LogP contribution in [-0.2, 0) is 13.6 Å². The topological polar surface area (TPSA) is 44.8 Å². The molecule has 0 aliphatic carbocycles. The number of hydrogen-bond acceptors (Lipinski definition) is 4. The van der Waals surface area contributed by atoms with E-state index in [4.69, 9.17) is 13.8 Å². The first-order valence-corrected chi connectivity index (χ1v) is 10.4. The van der Waals surface area contributed by atoms with Crippen molar-refractivity contribution in [3.8, 4) is 16.9 Å². The van der Waals surface area contributed by atoms with E-state index in [1.165, 1.54) is 6.07 Å². The molecule has 0 saturated carbocycles. The highest BCUT2D eigenvalue weighted by Crippen LogP contribution is 2.49. The molecule has 4 nitrogen and oxygen atoms in total. The van der Waals surface area contributed by atoms with Crippen molar-refractivity contribution in [1.29, 1.82) is 0 Å². The predicted molar refractivity (Wildman–Crippen MR) is 102 cm³/mol. The van der Waals surface area contributed by atoms with Gasteiger partial charge in [0.15, 0.2) is 6.35 Å². The molecule has 2 rings (SSSR count). The van der Waals surface area contributed by atoms with Crippen molar-refractivity contribution in [2.24, 2.45) is 0 Å². The van der Waals surface area contributed by atoms with Crippen molar-refractivity contribution in [3.05, 3.63) is 52.8 Å². The number of rotatable bonds is 8. The standard InChI is InChI=1S/C20H26FO4P/c1-6-24-26(22,25-7-2)13-23-20-16(5)10-14(3)11-18(20)17-8-9-19(21)15(4)12-17/h8-12H,6-7,13H2,1-5H3. The maximum absolute atomic E-state index is 13.6. The summed E-state index contributed by atoms with van der Waals surface area (Å²) in [6.45, 7) is 9.71. The third-order valence-corrected chi connectivity index (χ3v) is 5.66. The molecule has 2 aromatic carbocycles. The molecular formula is C20H26FO4P. The molecule has 0 aliphatic heterocycles. The number of aryl methyl sites for hydroxylation is 3. The number of hydrogen-bond donors (Lipinski definition) is 0. The van der Waals surface area contributed by atoms with E-state index in [1.54, 1.807) is 32.9 Å². The molecule has 26 heavy (non-hydrogen) atoms. The Morgan fingerprint density at radius 3 is 2.19 bits per heavy atom. The summed E-state index contributed by atoms with van der Waals surface area (Å²) in [5.74, 6) is 0.346. The monoisotopic (exact) mass is 380 g/mol. The third kappa shape index (κ3) is 4.94. The Hall–Kier alpha value is -1.68. The Labute approximate surface area is 154 Å². The van der Waals surface area contributed by atoms with Crippen LogP contribution in [0.3, 0.4) is 0 Å². The Morgan fingerprint density at radius 1 is 0.962 bits per heavy atom. The summed E-state index contributed by atoms with van der Waals surface area (Å²) in [5.41, 5.74) is 4.19. The lowest BCUT2D eigenvalue weighted by atomic mass is 9.98. The van der Waals surface area contributed by atoms with Crippen LogP contribution in [0.1, 0.15) is 30.5 Å². The van der Waals surface area contributed by atoms with Crippen LogP contribution in [0.15, 0.2) is 30.3 Å². The van der Waals surface area contributed by atoms with Crippen molar-refractivity contribution in [2.45, 2.75) is 34.6 Å². The van der Waals surface area contributed by atoms with E-state index < -0.39 is 7.60 Å². The zero-order chi connectivity index (χ0) is 19.3. The van der Waals surface area contributed by atoms with Crippen molar-refractivity contribution in [2.75, 3.05) is 19.6 Å². The molecule has 0 radical (unpaired) electrons. The van der Waals surface area contributed by atoms with Gasteiger partial charge in [-0.15, -0.1) is 0 Å². The van der Waals surface area contributed by atoms with Crippen molar-refractivity contribution >= 4 is 7.60 Å². The van der Waals surface area contributed by atoms with Gasteiger partial charge in [0.25, 0.3) is 0 Å². The highest BCUT2D eigenvalue weighted by Gasteiger charge is 2.26. The van der Waals surface area contributed by atoms with Gasteiger partial charge in [-0.05, 0) is 75.1 Å². The van der Waals surface area contributed by atoms with Crippen LogP contribution >= 0.6 is 7.60 Å². The Balaban J connectivity index is 2.42. The molecule has 0 fully saturated rings. The van der Waals surface area contributed by atoms with Gasteiger partial charge in [-0.2, -0.15) is 0 Å². The molecule has 142 valence electrons. The maximum atomic E-state index is 13.6. The fraction of sp³-hybridized carbons (Fsp3) is 0.400. The molecule has 0 atom stereocenters. The Morgan fingerprint density at radius 2 is 1.62 bits per heavy atom. The van der Waals surface area contributed by atoms with E-state index in [1.807, 2.05) is 26.0 Å². The maximum Gasteiger partial charge on any atom is 0.367 e. The largest absolute Gasteiger partial charge is 0.480 e. The zero-order valence-corrected chi connectivity index (χ0v) is 16.9. The van der Waals surface area contributed by atoms with Gasteiger partial charge in [-0.3, -0.25) is 4.57 Å². The smallest absolute Gasteiger partial charge is 0.367 e.